The fraction of sp³-hybridized carbons (Fsp3) is 0.150. The van der Waals surface area contributed by atoms with Crippen LogP contribution in [0.4, 0.5) is 11.4 Å². The van der Waals surface area contributed by atoms with E-state index in [4.69, 9.17) is 0 Å². The van der Waals surface area contributed by atoms with E-state index >= 15 is 0 Å². The van der Waals surface area contributed by atoms with Crippen LogP contribution in [-0.4, -0.2) is 29.0 Å². The number of hydrogen-bond acceptors (Lipinski definition) is 6. The van der Waals surface area contributed by atoms with Crippen LogP contribution < -0.4 is 10.3 Å². The molecule has 0 spiro atoms. The number of hydrazine groups is 1. The summed E-state index contributed by atoms with van der Waals surface area (Å²) >= 11 is 2.82. The molecule has 28 heavy (non-hydrogen) atoms. The van der Waals surface area contributed by atoms with Crippen molar-refractivity contribution in [2.24, 2.45) is 4.99 Å². The molecule has 142 valence electrons. The molecule has 6 nitrogen and oxygen atoms in total. The van der Waals surface area contributed by atoms with E-state index in [9.17, 15) is 9.59 Å². The van der Waals surface area contributed by atoms with E-state index in [-0.39, 0.29) is 11.8 Å². The molecule has 0 saturated carbocycles. The van der Waals surface area contributed by atoms with Crippen LogP contribution in [0.2, 0.25) is 0 Å². The van der Waals surface area contributed by atoms with Gasteiger partial charge < -0.3 is 4.90 Å². The summed E-state index contributed by atoms with van der Waals surface area (Å²) in [4.78, 5) is 33.0. The van der Waals surface area contributed by atoms with Crippen LogP contribution in [-0.2, 0) is 9.59 Å². The van der Waals surface area contributed by atoms with Gasteiger partial charge in [0.15, 0.2) is 5.17 Å². The third kappa shape index (κ3) is 3.41. The lowest BCUT2D eigenvalue weighted by Gasteiger charge is -2.16. The maximum atomic E-state index is 13.1. The molecule has 1 saturated heterocycles. The number of amides is 2. The van der Waals surface area contributed by atoms with Crippen molar-refractivity contribution in [2.45, 2.75) is 18.7 Å². The number of carbonyl (C=O) groups excluding carboxylic acids is 2. The van der Waals surface area contributed by atoms with Gasteiger partial charge in [-0.05, 0) is 48.5 Å². The van der Waals surface area contributed by atoms with Gasteiger partial charge in [-0.15, -0.1) is 0 Å². The van der Waals surface area contributed by atoms with Crippen molar-refractivity contribution >= 4 is 51.9 Å². The first-order valence-corrected chi connectivity index (χ1v) is 10.3. The van der Waals surface area contributed by atoms with Gasteiger partial charge in [-0.2, -0.15) is 5.01 Å². The summed E-state index contributed by atoms with van der Waals surface area (Å²) in [6, 6.07) is 15.7. The number of fused-ring (bicyclic) bond motifs is 1. The van der Waals surface area contributed by atoms with E-state index in [1.165, 1.54) is 23.7 Å². The Kier molecular flexibility index (Phi) is 4.91. The molecule has 0 radical (unpaired) electrons. The summed E-state index contributed by atoms with van der Waals surface area (Å²) in [6.07, 6.45) is 0. The van der Waals surface area contributed by atoms with Crippen LogP contribution in [0.3, 0.4) is 0 Å². The number of para-hydroxylation sites is 1. The molecule has 8 heteroatoms. The maximum absolute atomic E-state index is 13.1. The Morgan fingerprint density at radius 2 is 1.89 bits per heavy atom. The van der Waals surface area contributed by atoms with Gasteiger partial charge in [0, 0.05) is 18.9 Å². The quantitative estimate of drug-likeness (QED) is 0.758. The van der Waals surface area contributed by atoms with Crippen molar-refractivity contribution in [3.05, 3.63) is 64.0 Å². The molecule has 2 aliphatic heterocycles. The molecule has 0 aliphatic carbocycles. The van der Waals surface area contributed by atoms with Crippen molar-refractivity contribution in [2.75, 3.05) is 11.9 Å². The number of benzene rings is 2. The minimum absolute atomic E-state index is 0.284. The Hall–Kier alpha value is -2.71. The van der Waals surface area contributed by atoms with Crippen molar-refractivity contribution in [3.8, 4) is 0 Å². The van der Waals surface area contributed by atoms with Gasteiger partial charge in [0.2, 0.25) is 5.91 Å². The normalized spacial score (nSPS) is 20.1. The van der Waals surface area contributed by atoms with Crippen molar-refractivity contribution in [3.63, 3.8) is 0 Å². The topological polar surface area (TPSA) is 65.0 Å². The summed E-state index contributed by atoms with van der Waals surface area (Å²) in [5, 5.41) is 2.49. The SMILES string of the molecule is CC(=O)NN1C(=O)C(=C2Sc3ccccc3N2C)SC1=Nc1cccc(C)c1. The Bertz CT molecular complexity index is 1050. The summed E-state index contributed by atoms with van der Waals surface area (Å²) < 4.78 is 0. The molecule has 1 fully saturated rings. The molecule has 4 rings (SSSR count). The molecule has 2 aromatic rings. The average molecular weight is 411 g/mol. The van der Waals surface area contributed by atoms with Crippen LogP contribution in [0.1, 0.15) is 12.5 Å². The van der Waals surface area contributed by atoms with Crippen LogP contribution in [0.5, 0.6) is 0 Å². The number of thioether (sulfide) groups is 2. The number of nitrogens with zero attached hydrogens (tertiary/aromatic N) is 3. The van der Waals surface area contributed by atoms with Gasteiger partial charge in [0.25, 0.3) is 5.91 Å². The molecule has 1 N–H and O–H groups in total. The smallest absolute Gasteiger partial charge is 0.288 e. The summed E-state index contributed by atoms with van der Waals surface area (Å²) in [6.45, 7) is 3.36. The standard InChI is InChI=1S/C20H18N4O2S2/c1-12-7-6-8-14(11-12)21-20-24(22-13(2)25)18(26)17(28-20)19-23(3)15-9-4-5-10-16(15)27-19/h4-11H,1-3H3,(H,22,25). The van der Waals surface area contributed by atoms with Crippen LogP contribution in [0, 0.1) is 6.92 Å². The maximum Gasteiger partial charge on any atom is 0.288 e. The lowest BCUT2D eigenvalue weighted by Crippen LogP contribution is -2.44. The van der Waals surface area contributed by atoms with Gasteiger partial charge in [-0.3, -0.25) is 15.0 Å². The molecule has 0 atom stereocenters. The van der Waals surface area contributed by atoms with Crippen molar-refractivity contribution in [1.82, 2.24) is 10.4 Å². The summed E-state index contributed by atoms with van der Waals surface area (Å²) in [5.74, 6) is -0.610. The number of amidine groups is 1. The Labute approximate surface area is 171 Å². The minimum Gasteiger partial charge on any atom is -0.337 e. The van der Waals surface area contributed by atoms with E-state index in [1.54, 1.807) is 11.8 Å². The molecule has 0 bridgehead atoms. The molecule has 2 aliphatic rings. The molecule has 2 amide bonds. The lowest BCUT2D eigenvalue weighted by atomic mass is 10.2. The van der Waals surface area contributed by atoms with Crippen LogP contribution in [0.15, 0.2) is 68.4 Å². The monoisotopic (exact) mass is 410 g/mol. The highest BCUT2D eigenvalue weighted by Gasteiger charge is 2.40. The first-order chi connectivity index (χ1) is 13.4. The zero-order chi connectivity index (χ0) is 19.8. The van der Waals surface area contributed by atoms with Gasteiger partial charge in [0.1, 0.15) is 4.91 Å². The van der Waals surface area contributed by atoms with Gasteiger partial charge in [-0.1, -0.05) is 36.0 Å². The minimum atomic E-state index is -0.326. The molecule has 0 aromatic heterocycles. The predicted octanol–water partition coefficient (Wildman–Crippen LogP) is 4.02. The summed E-state index contributed by atoms with van der Waals surface area (Å²) in [5.41, 5.74) is 5.45. The molecular weight excluding hydrogens is 392 g/mol. The molecular formula is C20H18N4O2S2. The zero-order valence-electron chi connectivity index (χ0n) is 15.6. The molecule has 2 heterocycles. The lowest BCUT2D eigenvalue weighted by molar-refractivity contribution is -0.132. The highest BCUT2D eigenvalue weighted by molar-refractivity contribution is 8.19. The number of hydrogen-bond donors (Lipinski definition) is 1. The Balaban J connectivity index is 1.75. The van der Waals surface area contributed by atoms with E-state index in [2.05, 4.69) is 10.4 Å². The second-order valence-electron chi connectivity index (χ2n) is 6.41. The van der Waals surface area contributed by atoms with Crippen molar-refractivity contribution < 1.29 is 9.59 Å². The fourth-order valence-electron chi connectivity index (χ4n) is 2.94. The number of aliphatic imine (C=N–C) groups is 1. The number of aryl methyl sites for hydroxylation is 1. The second-order valence-corrected chi connectivity index (χ2v) is 8.42. The number of carbonyl (C=O) groups is 2. The van der Waals surface area contributed by atoms with Crippen molar-refractivity contribution in [1.29, 1.82) is 0 Å². The Morgan fingerprint density at radius 1 is 1.11 bits per heavy atom. The summed E-state index contributed by atoms with van der Waals surface area (Å²) in [7, 11) is 1.94. The first kappa shape index (κ1) is 18.6. The van der Waals surface area contributed by atoms with Gasteiger partial charge in [-0.25, -0.2) is 4.99 Å². The molecule has 0 unspecified atom stereocenters. The Morgan fingerprint density at radius 3 is 2.61 bits per heavy atom. The van der Waals surface area contributed by atoms with E-state index < -0.39 is 0 Å². The second kappa shape index (κ2) is 7.37. The van der Waals surface area contributed by atoms with E-state index in [1.807, 2.05) is 67.4 Å². The van der Waals surface area contributed by atoms with E-state index in [0.29, 0.717) is 10.1 Å². The predicted molar refractivity (Wildman–Crippen MR) is 114 cm³/mol. The zero-order valence-corrected chi connectivity index (χ0v) is 17.2. The molecule has 2 aromatic carbocycles. The van der Waals surface area contributed by atoms with Crippen LogP contribution >= 0.6 is 23.5 Å². The number of rotatable bonds is 2. The van der Waals surface area contributed by atoms with Gasteiger partial charge >= 0.3 is 0 Å². The number of anilines is 1. The number of nitrogens with one attached hydrogen (secondary N) is 1. The fourth-order valence-corrected chi connectivity index (χ4v) is 5.23. The largest absolute Gasteiger partial charge is 0.337 e. The first-order valence-electron chi connectivity index (χ1n) is 8.64. The average Bonchev–Trinajstić information content (AvgIpc) is 3.13. The van der Waals surface area contributed by atoms with E-state index in [0.717, 1.165) is 26.9 Å². The highest BCUT2D eigenvalue weighted by atomic mass is 32.2. The third-order valence-corrected chi connectivity index (χ3v) is 6.60. The highest BCUT2D eigenvalue weighted by Crippen LogP contribution is 2.49. The third-order valence-electron chi connectivity index (χ3n) is 4.21. The van der Waals surface area contributed by atoms with Gasteiger partial charge in [0.05, 0.1) is 16.4 Å². The van der Waals surface area contributed by atoms with Crippen LogP contribution in [0.25, 0.3) is 0 Å².